The molecule has 0 aliphatic carbocycles. The third-order valence-corrected chi connectivity index (χ3v) is 16.2. The molecule has 1 aliphatic rings. The van der Waals surface area contributed by atoms with Crippen LogP contribution in [0.5, 0.6) is 0 Å². The van der Waals surface area contributed by atoms with E-state index < -0.39 is 8.07 Å². The van der Waals surface area contributed by atoms with Crippen molar-refractivity contribution in [3.8, 4) is 51.0 Å². The van der Waals surface area contributed by atoms with Gasteiger partial charge in [0.1, 0.15) is 0 Å². The van der Waals surface area contributed by atoms with Crippen LogP contribution in [0.1, 0.15) is 0 Å². The number of hydrogen-bond acceptors (Lipinski definition) is 3. The molecule has 0 unspecified atom stereocenters. The lowest BCUT2D eigenvalue weighted by molar-refractivity contribution is 1.07. The number of para-hydroxylation sites is 2. The first-order chi connectivity index (χ1) is 27.8. The molecule has 56 heavy (non-hydrogen) atoms. The monoisotopic (exact) mass is 730 g/mol. The second-order valence-corrected chi connectivity index (χ2v) is 18.1. The van der Waals surface area contributed by atoms with Gasteiger partial charge in [-0.1, -0.05) is 182 Å². The molecule has 0 fully saturated rings. The van der Waals surface area contributed by atoms with Crippen LogP contribution in [0.3, 0.4) is 0 Å². The smallest absolute Gasteiger partial charge is 0.180 e. The van der Waals surface area contributed by atoms with Crippen molar-refractivity contribution in [3.05, 3.63) is 206 Å². The second kappa shape index (κ2) is 13.0. The van der Waals surface area contributed by atoms with Crippen LogP contribution in [0, 0.1) is 0 Å². The Morgan fingerprint density at radius 3 is 1.38 bits per heavy atom. The number of fused-ring (bicyclic) bond motifs is 6. The second-order valence-electron chi connectivity index (χ2n) is 14.4. The van der Waals surface area contributed by atoms with Gasteiger partial charge in [0.2, 0.25) is 0 Å². The molecule has 0 amide bonds. The molecule has 10 aromatic rings. The molecule has 0 spiro atoms. The molecule has 1 aliphatic heterocycles. The fraction of sp³-hybridized carbons (Fsp3) is 0. The number of rotatable bonds is 6. The van der Waals surface area contributed by atoms with Crippen molar-refractivity contribution in [1.29, 1.82) is 0 Å². The summed E-state index contributed by atoms with van der Waals surface area (Å²) >= 11 is 0. The highest BCUT2D eigenvalue weighted by atomic mass is 28.3. The third-order valence-electron chi connectivity index (χ3n) is 11.3. The maximum atomic E-state index is 5.05. The van der Waals surface area contributed by atoms with Crippen LogP contribution in [-0.4, -0.2) is 27.6 Å². The first-order valence-corrected chi connectivity index (χ1v) is 21.0. The van der Waals surface area contributed by atoms with E-state index in [1.54, 1.807) is 0 Å². The molecule has 4 nitrogen and oxygen atoms in total. The summed E-state index contributed by atoms with van der Waals surface area (Å²) in [6, 6.07) is 74.3. The van der Waals surface area contributed by atoms with E-state index in [1.807, 2.05) is 36.4 Å². The van der Waals surface area contributed by atoms with Gasteiger partial charge >= 0.3 is 0 Å². The van der Waals surface area contributed by atoms with Gasteiger partial charge in [-0.15, -0.1) is 0 Å². The zero-order valence-electron chi connectivity index (χ0n) is 30.4. The van der Waals surface area contributed by atoms with Gasteiger partial charge in [-0.2, -0.15) is 0 Å². The van der Waals surface area contributed by atoms with E-state index in [1.165, 1.54) is 53.7 Å². The molecule has 8 aromatic carbocycles. The van der Waals surface area contributed by atoms with Crippen LogP contribution in [0.2, 0.25) is 0 Å². The maximum Gasteiger partial charge on any atom is 0.180 e. The van der Waals surface area contributed by atoms with Gasteiger partial charge in [-0.25, -0.2) is 15.0 Å². The molecule has 262 valence electrons. The molecule has 0 N–H and O–H groups in total. The average Bonchev–Trinajstić information content (AvgIpc) is 3.78. The van der Waals surface area contributed by atoms with E-state index in [-0.39, 0.29) is 0 Å². The summed E-state index contributed by atoms with van der Waals surface area (Å²) in [5.41, 5.74) is 9.09. The topological polar surface area (TPSA) is 43.6 Å². The average molecular weight is 731 g/mol. The molecule has 11 rings (SSSR count). The zero-order valence-corrected chi connectivity index (χ0v) is 31.4. The minimum Gasteiger partial charge on any atom is -0.309 e. The van der Waals surface area contributed by atoms with Gasteiger partial charge in [0.15, 0.2) is 25.5 Å². The standard InChI is InChI=1S/C51H34N4Si/c1-4-16-35(17-5-1)49-52-50(36-18-6-2-7-19-36)54-51(53-49)37-28-30-39(31-29-37)56(47-26-14-11-23-42(47)43-24-12-15-27-48(43)56)40-32-33-46-44(34-40)41-22-10-13-25-45(41)55(46)38-20-8-3-9-21-38/h1-34H. The Morgan fingerprint density at radius 2 is 0.786 bits per heavy atom. The lowest BCUT2D eigenvalue weighted by Gasteiger charge is -2.31. The highest BCUT2D eigenvalue weighted by molar-refractivity contribution is 7.22. The predicted octanol–water partition coefficient (Wildman–Crippen LogP) is 9.33. The first-order valence-electron chi connectivity index (χ1n) is 19.0. The van der Waals surface area contributed by atoms with Gasteiger partial charge in [0.05, 0.1) is 11.0 Å². The summed E-state index contributed by atoms with van der Waals surface area (Å²) in [4.78, 5) is 15.0. The predicted molar refractivity (Wildman–Crippen MR) is 233 cm³/mol. The Kier molecular flexibility index (Phi) is 7.47. The Hall–Kier alpha value is -7.21. The molecular formula is C51H34N4Si. The minimum absolute atomic E-state index is 0.655. The summed E-state index contributed by atoms with van der Waals surface area (Å²) in [5.74, 6) is 1.97. The molecule has 0 atom stereocenters. The molecule has 0 saturated heterocycles. The highest BCUT2D eigenvalue weighted by Gasteiger charge is 2.48. The van der Waals surface area contributed by atoms with E-state index in [2.05, 4.69) is 174 Å². The van der Waals surface area contributed by atoms with Crippen molar-refractivity contribution in [2.45, 2.75) is 0 Å². The molecule has 5 heteroatoms. The fourth-order valence-electron chi connectivity index (χ4n) is 8.89. The zero-order chi connectivity index (χ0) is 37.1. The van der Waals surface area contributed by atoms with E-state index in [0.29, 0.717) is 17.5 Å². The van der Waals surface area contributed by atoms with Crippen molar-refractivity contribution < 1.29 is 0 Å². The molecule has 0 radical (unpaired) electrons. The van der Waals surface area contributed by atoms with E-state index in [0.717, 1.165) is 22.4 Å². The molecule has 0 bridgehead atoms. The summed E-state index contributed by atoms with van der Waals surface area (Å²) in [7, 11) is -2.81. The van der Waals surface area contributed by atoms with Crippen molar-refractivity contribution in [3.63, 3.8) is 0 Å². The highest BCUT2D eigenvalue weighted by Crippen LogP contribution is 2.34. The SMILES string of the molecule is c1ccc(-c2nc(-c3ccccc3)nc(-c3ccc([Si]4(c5ccc6c(c5)c5ccccc5n6-c5ccccc5)c5ccccc5-c5ccccc54)cc3)n2)cc1. The molecule has 3 heterocycles. The van der Waals surface area contributed by atoms with E-state index in [4.69, 9.17) is 15.0 Å². The summed E-state index contributed by atoms with van der Waals surface area (Å²) in [5, 5.41) is 8.04. The van der Waals surface area contributed by atoms with Crippen LogP contribution in [-0.2, 0) is 0 Å². The van der Waals surface area contributed by atoms with Gasteiger partial charge in [-0.3, -0.25) is 0 Å². The normalized spacial score (nSPS) is 12.8. The molecular weight excluding hydrogens is 697 g/mol. The van der Waals surface area contributed by atoms with Gasteiger partial charge in [0.25, 0.3) is 0 Å². The third kappa shape index (κ3) is 4.95. The van der Waals surface area contributed by atoms with Crippen LogP contribution in [0.4, 0.5) is 0 Å². The van der Waals surface area contributed by atoms with Crippen molar-refractivity contribution in [1.82, 2.24) is 19.5 Å². The van der Waals surface area contributed by atoms with Crippen LogP contribution in [0.15, 0.2) is 206 Å². The Morgan fingerprint density at radius 1 is 0.339 bits per heavy atom. The number of benzene rings is 8. The molecule has 2 aromatic heterocycles. The van der Waals surface area contributed by atoms with Crippen molar-refractivity contribution in [2.75, 3.05) is 0 Å². The van der Waals surface area contributed by atoms with Crippen LogP contribution >= 0.6 is 0 Å². The summed E-state index contributed by atoms with van der Waals surface area (Å²) < 4.78 is 2.40. The van der Waals surface area contributed by atoms with Crippen LogP contribution in [0.25, 0.3) is 72.8 Å². The summed E-state index contributed by atoms with van der Waals surface area (Å²) in [6.07, 6.45) is 0. The van der Waals surface area contributed by atoms with Gasteiger partial charge < -0.3 is 4.57 Å². The Bertz CT molecular complexity index is 2960. The minimum atomic E-state index is -2.81. The van der Waals surface area contributed by atoms with E-state index in [9.17, 15) is 0 Å². The van der Waals surface area contributed by atoms with Crippen molar-refractivity contribution in [2.24, 2.45) is 0 Å². The van der Waals surface area contributed by atoms with Gasteiger partial charge in [0, 0.05) is 33.2 Å². The maximum absolute atomic E-state index is 5.05. The Balaban J connectivity index is 1.13. The van der Waals surface area contributed by atoms with E-state index >= 15 is 0 Å². The van der Waals surface area contributed by atoms with Crippen LogP contribution < -0.4 is 20.7 Å². The number of hydrogen-bond donors (Lipinski definition) is 0. The first kappa shape index (κ1) is 32.2. The lowest BCUT2D eigenvalue weighted by atomic mass is 10.1. The Labute approximate surface area is 326 Å². The lowest BCUT2D eigenvalue weighted by Crippen LogP contribution is -2.72. The van der Waals surface area contributed by atoms with Crippen molar-refractivity contribution >= 4 is 50.6 Å². The number of nitrogens with zero attached hydrogens (tertiary/aromatic N) is 4. The fourth-order valence-corrected chi connectivity index (χ4v) is 14.1. The summed E-state index contributed by atoms with van der Waals surface area (Å²) in [6.45, 7) is 0. The molecule has 0 saturated carbocycles. The number of aromatic nitrogens is 4. The largest absolute Gasteiger partial charge is 0.309 e. The van der Waals surface area contributed by atoms with Gasteiger partial charge in [-0.05, 0) is 56.1 Å². The quantitative estimate of drug-likeness (QED) is 0.160.